The van der Waals surface area contributed by atoms with Gasteiger partial charge in [-0.25, -0.2) is 0 Å². The van der Waals surface area contributed by atoms with Gasteiger partial charge in [0.1, 0.15) is 17.5 Å². The average Bonchev–Trinajstić information content (AvgIpc) is 3.02. The molecule has 0 aliphatic carbocycles. The summed E-state index contributed by atoms with van der Waals surface area (Å²) in [4.78, 5) is 39.6. The number of aliphatic carboxylic acids is 1. The molecule has 1 aromatic carbocycles. The number of hydrogen-bond acceptors (Lipinski definition) is 7. The van der Waals surface area contributed by atoms with Crippen molar-refractivity contribution in [3.63, 3.8) is 0 Å². The Balaban J connectivity index is 1.77. The number of aliphatic hydroxyl groups is 1. The van der Waals surface area contributed by atoms with Crippen molar-refractivity contribution in [2.24, 2.45) is 4.99 Å². The molecule has 4 atom stereocenters. The van der Waals surface area contributed by atoms with Crippen LogP contribution in [0.1, 0.15) is 11.6 Å². The first-order valence-corrected chi connectivity index (χ1v) is 8.16. The summed E-state index contributed by atoms with van der Waals surface area (Å²) < 4.78 is 0. The van der Waals surface area contributed by atoms with Crippen molar-refractivity contribution < 1.29 is 24.6 Å². The second kappa shape index (κ2) is 6.62. The van der Waals surface area contributed by atoms with E-state index in [4.69, 9.17) is 0 Å². The first kappa shape index (κ1) is 16.5. The van der Waals surface area contributed by atoms with Crippen LogP contribution in [-0.4, -0.2) is 51.9 Å². The monoisotopic (exact) mass is 348 g/mol. The van der Waals surface area contributed by atoms with Crippen LogP contribution in [-0.2, 0) is 14.4 Å². The van der Waals surface area contributed by atoms with E-state index in [-0.39, 0.29) is 5.71 Å². The predicted molar refractivity (Wildman–Crippen MR) is 84.0 cm³/mol. The van der Waals surface area contributed by atoms with E-state index in [0.717, 1.165) is 11.8 Å². The summed E-state index contributed by atoms with van der Waals surface area (Å²) in [5, 5.41) is 23.9. The maximum atomic E-state index is 12.3. The number of nitrogens with zero attached hydrogens (tertiary/aromatic N) is 1. The SMILES string of the molecule is O=C([O-])C1=N[C@@H]([C@@H]2NC(=O)C(c3ccccc3)NC2=O)S[C@@H]1CO. The van der Waals surface area contributed by atoms with Gasteiger partial charge in [0.15, 0.2) is 0 Å². The Kier molecular flexibility index (Phi) is 4.54. The molecule has 2 aliphatic rings. The predicted octanol–water partition coefficient (Wildman–Crippen LogP) is -2.03. The number of aliphatic imine (C=N–C) groups is 1. The summed E-state index contributed by atoms with van der Waals surface area (Å²) in [6.07, 6.45) is 0. The van der Waals surface area contributed by atoms with Gasteiger partial charge in [-0.05, 0) is 5.56 Å². The van der Waals surface area contributed by atoms with Gasteiger partial charge < -0.3 is 25.6 Å². The number of carboxylic acids is 1. The lowest BCUT2D eigenvalue weighted by atomic mass is 10.0. The molecule has 126 valence electrons. The van der Waals surface area contributed by atoms with Gasteiger partial charge in [-0.2, -0.15) is 0 Å². The molecule has 0 bridgehead atoms. The fourth-order valence-corrected chi connectivity index (χ4v) is 3.86. The van der Waals surface area contributed by atoms with E-state index in [2.05, 4.69) is 15.6 Å². The molecule has 2 heterocycles. The van der Waals surface area contributed by atoms with Crippen molar-refractivity contribution >= 4 is 35.3 Å². The van der Waals surface area contributed by atoms with Gasteiger partial charge in [0.25, 0.3) is 0 Å². The first-order chi connectivity index (χ1) is 11.5. The molecule has 0 radical (unpaired) electrons. The lowest BCUT2D eigenvalue weighted by Crippen LogP contribution is -2.60. The molecule has 0 saturated carbocycles. The fraction of sp³-hybridized carbons (Fsp3) is 0.333. The molecular weight excluding hydrogens is 334 g/mol. The molecule has 3 rings (SSSR count). The van der Waals surface area contributed by atoms with Gasteiger partial charge >= 0.3 is 0 Å². The Morgan fingerprint density at radius 3 is 2.50 bits per heavy atom. The number of rotatable bonds is 4. The van der Waals surface area contributed by atoms with Crippen molar-refractivity contribution in [1.82, 2.24) is 10.6 Å². The number of amides is 2. The Hall–Kier alpha value is -2.39. The molecule has 2 amide bonds. The third-order valence-corrected chi connectivity index (χ3v) is 5.15. The molecule has 3 N–H and O–H groups in total. The topological polar surface area (TPSA) is 131 Å². The van der Waals surface area contributed by atoms with Crippen LogP contribution in [0, 0.1) is 0 Å². The Morgan fingerprint density at radius 1 is 1.21 bits per heavy atom. The molecule has 8 nitrogen and oxygen atoms in total. The zero-order valence-electron chi connectivity index (χ0n) is 12.3. The second-order valence-corrected chi connectivity index (χ2v) is 6.66. The van der Waals surface area contributed by atoms with E-state index < -0.39 is 47.1 Å². The van der Waals surface area contributed by atoms with Gasteiger partial charge in [0, 0.05) is 0 Å². The van der Waals surface area contributed by atoms with Crippen LogP contribution >= 0.6 is 11.8 Å². The highest BCUT2D eigenvalue weighted by Gasteiger charge is 2.43. The molecule has 0 aromatic heterocycles. The number of hydrogen-bond donors (Lipinski definition) is 3. The maximum absolute atomic E-state index is 12.3. The number of piperazine rings is 1. The summed E-state index contributed by atoms with van der Waals surface area (Å²) >= 11 is 1.01. The Labute approximate surface area is 141 Å². The highest BCUT2D eigenvalue weighted by Crippen LogP contribution is 2.31. The number of thioether (sulfide) groups is 1. The molecule has 1 fully saturated rings. The van der Waals surface area contributed by atoms with Gasteiger partial charge in [0.05, 0.1) is 23.5 Å². The van der Waals surface area contributed by atoms with Crippen LogP contribution in [0.5, 0.6) is 0 Å². The number of carbonyl (C=O) groups excluding carboxylic acids is 3. The molecule has 2 aliphatic heterocycles. The highest BCUT2D eigenvalue weighted by molar-refractivity contribution is 8.01. The Morgan fingerprint density at radius 2 is 1.92 bits per heavy atom. The van der Waals surface area contributed by atoms with Gasteiger partial charge in [-0.3, -0.25) is 14.6 Å². The van der Waals surface area contributed by atoms with Crippen LogP contribution in [0.25, 0.3) is 0 Å². The van der Waals surface area contributed by atoms with Crippen molar-refractivity contribution in [1.29, 1.82) is 0 Å². The van der Waals surface area contributed by atoms with Crippen LogP contribution in [0.2, 0.25) is 0 Å². The minimum absolute atomic E-state index is 0.306. The minimum atomic E-state index is -1.49. The zero-order chi connectivity index (χ0) is 17.3. The average molecular weight is 348 g/mol. The standard InChI is InChI=1S/C15H15N3O5S/c19-6-8-10(15(22)23)18-14(24-8)11-13(21)16-9(12(20)17-11)7-4-2-1-3-5-7/h1-5,8-9,11,14,19H,6H2,(H,16,21)(H,17,20)(H,22,23)/p-1/t8-,9?,11-,14-/m1/s1. The second-order valence-electron chi connectivity index (χ2n) is 5.34. The maximum Gasteiger partial charge on any atom is 0.247 e. The third-order valence-electron chi connectivity index (χ3n) is 3.80. The Bertz CT molecular complexity index is 708. The van der Waals surface area contributed by atoms with E-state index in [1.807, 2.05) is 0 Å². The lowest BCUT2D eigenvalue weighted by molar-refractivity contribution is -0.294. The lowest BCUT2D eigenvalue weighted by Gasteiger charge is -2.31. The van der Waals surface area contributed by atoms with Crippen LogP contribution in [0.3, 0.4) is 0 Å². The fourth-order valence-electron chi connectivity index (χ4n) is 2.63. The van der Waals surface area contributed by atoms with E-state index >= 15 is 0 Å². The minimum Gasteiger partial charge on any atom is -0.543 e. The van der Waals surface area contributed by atoms with Crippen molar-refractivity contribution in [3.05, 3.63) is 35.9 Å². The van der Waals surface area contributed by atoms with E-state index in [0.29, 0.717) is 5.56 Å². The van der Waals surface area contributed by atoms with Crippen molar-refractivity contribution in [2.45, 2.75) is 22.7 Å². The first-order valence-electron chi connectivity index (χ1n) is 7.22. The summed E-state index contributed by atoms with van der Waals surface area (Å²) in [6, 6.07) is 6.96. The van der Waals surface area contributed by atoms with E-state index in [1.54, 1.807) is 30.3 Å². The normalized spacial score (nSPS) is 29.6. The quantitative estimate of drug-likeness (QED) is 0.575. The van der Waals surface area contributed by atoms with Gasteiger partial charge in [-0.15, -0.1) is 11.8 Å². The number of nitrogens with one attached hydrogen (secondary N) is 2. The number of carbonyl (C=O) groups is 3. The van der Waals surface area contributed by atoms with E-state index in [9.17, 15) is 24.6 Å². The third kappa shape index (κ3) is 3.00. The van der Waals surface area contributed by atoms with Crippen LogP contribution in [0.15, 0.2) is 35.3 Å². The molecule has 0 spiro atoms. The van der Waals surface area contributed by atoms with Crippen molar-refractivity contribution in [3.8, 4) is 0 Å². The van der Waals surface area contributed by atoms with Gasteiger partial charge in [0.2, 0.25) is 11.8 Å². The molecule has 1 saturated heterocycles. The van der Waals surface area contributed by atoms with Crippen molar-refractivity contribution in [2.75, 3.05) is 6.61 Å². The summed E-state index contributed by atoms with van der Waals surface area (Å²) in [5.41, 5.74) is 0.341. The summed E-state index contributed by atoms with van der Waals surface area (Å²) in [6.45, 7) is -0.442. The number of carboxylic acid groups (broad SMARTS) is 1. The van der Waals surface area contributed by atoms with Gasteiger partial charge in [-0.1, -0.05) is 30.3 Å². The molecule has 1 aromatic rings. The van der Waals surface area contributed by atoms with E-state index in [1.165, 1.54) is 0 Å². The summed E-state index contributed by atoms with van der Waals surface area (Å²) in [5.74, 6) is -2.35. The molecule has 9 heteroatoms. The number of benzene rings is 1. The highest BCUT2D eigenvalue weighted by atomic mass is 32.2. The smallest absolute Gasteiger partial charge is 0.247 e. The van der Waals surface area contributed by atoms with Crippen LogP contribution < -0.4 is 15.7 Å². The van der Waals surface area contributed by atoms with Crippen LogP contribution in [0.4, 0.5) is 0 Å². The largest absolute Gasteiger partial charge is 0.543 e. The number of aliphatic hydroxyl groups excluding tert-OH is 1. The zero-order valence-corrected chi connectivity index (χ0v) is 13.2. The molecule has 1 unspecified atom stereocenters. The molecule has 24 heavy (non-hydrogen) atoms. The molecular formula is C15H14N3O5S-. The summed E-state index contributed by atoms with van der Waals surface area (Å²) in [7, 11) is 0.